The van der Waals surface area contributed by atoms with Gasteiger partial charge in [-0.3, -0.25) is 14.4 Å². The van der Waals surface area contributed by atoms with Crippen LogP contribution in [0.2, 0.25) is 0 Å². The van der Waals surface area contributed by atoms with Crippen LogP contribution >= 0.6 is 0 Å². The van der Waals surface area contributed by atoms with E-state index in [1.807, 2.05) is 13.8 Å². The van der Waals surface area contributed by atoms with Crippen LogP contribution in [-0.2, 0) is 23.9 Å². The largest absolute Gasteiger partial charge is 0.466 e. The van der Waals surface area contributed by atoms with Crippen molar-refractivity contribution in [1.82, 2.24) is 0 Å². The number of Topliss-reactive ketones (excluding diaryl/α,β-unsaturated/α-hetero) is 1. The molecule has 0 amide bonds. The van der Waals surface area contributed by atoms with E-state index in [1.165, 1.54) is 0 Å². The van der Waals surface area contributed by atoms with Gasteiger partial charge in [0.1, 0.15) is 11.7 Å². The summed E-state index contributed by atoms with van der Waals surface area (Å²) in [5.74, 6) is -2.36. The van der Waals surface area contributed by atoms with E-state index in [0.29, 0.717) is 0 Å². The lowest BCUT2D eigenvalue weighted by molar-refractivity contribution is -0.158. The highest BCUT2D eigenvalue weighted by Crippen LogP contribution is 2.14. The molecule has 0 aromatic carbocycles. The molecule has 0 bridgehead atoms. The van der Waals surface area contributed by atoms with Crippen molar-refractivity contribution in [3.8, 4) is 0 Å². The van der Waals surface area contributed by atoms with Gasteiger partial charge in [-0.2, -0.15) is 0 Å². The van der Waals surface area contributed by atoms with Crippen molar-refractivity contribution in [3.05, 3.63) is 0 Å². The Bertz CT molecular complexity index is 296. The number of esters is 2. The summed E-state index contributed by atoms with van der Waals surface area (Å²) in [6.07, 6.45) is 0.0150. The predicted molar refractivity (Wildman–Crippen MR) is 65.8 cm³/mol. The molecule has 0 saturated heterocycles. The first-order valence-electron chi connectivity index (χ1n) is 6.27. The molecular weight excluding hydrogens is 236 g/mol. The molecule has 0 rings (SSSR count). The zero-order valence-electron chi connectivity index (χ0n) is 11.5. The number of ketones is 1. The SMILES string of the molecule is CCOC(=O)CC(C(=O)CC(C)C)C(=O)OCC. The van der Waals surface area contributed by atoms with Gasteiger partial charge in [-0.05, 0) is 19.8 Å². The van der Waals surface area contributed by atoms with Crippen molar-refractivity contribution in [2.75, 3.05) is 13.2 Å². The molecular formula is C13H22O5. The smallest absolute Gasteiger partial charge is 0.317 e. The van der Waals surface area contributed by atoms with E-state index < -0.39 is 17.9 Å². The maximum atomic E-state index is 11.9. The highest BCUT2D eigenvalue weighted by molar-refractivity contribution is 6.01. The van der Waals surface area contributed by atoms with Crippen molar-refractivity contribution < 1.29 is 23.9 Å². The van der Waals surface area contributed by atoms with E-state index in [1.54, 1.807) is 13.8 Å². The molecule has 18 heavy (non-hydrogen) atoms. The second-order valence-corrected chi connectivity index (χ2v) is 4.38. The van der Waals surface area contributed by atoms with E-state index in [2.05, 4.69) is 0 Å². The fourth-order valence-electron chi connectivity index (χ4n) is 1.50. The number of carbonyl (C=O) groups excluding carboxylic acids is 3. The third-order valence-corrected chi connectivity index (χ3v) is 2.25. The van der Waals surface area contributed by atoms with Gasteiger partial charge in [0.25, 0.3) is 0 Å². The first-order valence-corrected chi connectivity index (χ1v) is 6.27. The summed E-state index contributed by atoms with van der Waals surface area (Å²) >= 11 is 0. The first kappa shape index (κ1) is 16.6. The Kier molecular flexibility index (Phi) is 8.00. The van der Waals surface area contributed by atoms with Gasteiger partial charge in [0, 0.05) is 6.42 Å². The van der Waals surface area contributed by atoms with Gasteiger partial charge in [0.05, 0.1) is 19.6 Å². The monoisotopic (exact) mass is 258 g/mol. The van der Waals surface area contributed by atoms with Crippen LogP contribution < -0.4 is 0 Å². The average Bonchev–Trinajstić information content (AvgIpc) is 2.25. The van der Waals surface area contributed by atoms with Crippen LogP contribution in [0.1, 0.15) is 40.5 Å². The number of ether oxygens (including phenoxy) is 2. The molecule has 0 fully saturated rings. The van der Waals surface area contributed by atoms with Crippen molar-refractivity contribution in [2.24, 2.45) is 11.8 Å². The van der Waals surface area contributed by atoms with E-state index in [9.17, 15) is 14.4 Å². The van der Waals surface area contributed by atoms with Crippen LogP contribution in [0.5, 0.6) is 0 Å². The number of hydrogen-bond acceptors (Lipinski definition) is 5. The topological polar surface area (TPSA) is 69.7 Å². The van der Waals surface area contributed by atoms with Crippen LogP contribution in [0.25, 0.3) is 0 Å². The molecule has 0 heterocycles. The van der Waals surface area contributed by atoms with Gasteiger partial charge in [-0.25, -0.2) is 0 Å². The first-order chi connectivity index (χ1) is 8.42. The van der Waals surface area contributed by atoms with Crippen LogP contribution in [0.3, 0.4) is 0 Å². The van der Waals surface area contributed by atoms with Crippen molar-refractivity contribution in [1.29, 1.82) is 0 Å². The Morgan fingerprint density at radius 1 is 0.944 bits per heavy atom. The van der Waals surface area contributed by atoms with E-state index in [-0.39, 0.29) is 37.8 Å². The number of carbonyl (C=O) groups is 3. The van der Waals surface area contributed by atoms with Crippen molar-refractivity contribution in [3.63, 3.8) is 0 Å². The fraction of sp³-hybridized carbons (Fsp3) is 0.769. The lowest BCUT2D eigenvalue weighted by atomic mass is 9.93. The summed E-state index contributed by atoms with van der Waals surface area (Å²) in [7, 11) is 0. The van der Waals surface area contributed by atoms with Gasteiger partial charge in [0.2, 0.25) is 0 Å². The summed E-state index contributed by atoms with van der Waals surface area (Å²) in [5, 5.41) is 0. The minimum absolute atomic E-state index is 0.136. The molecule has 5 nitrogen and oxygen atoms in total. The molecule has 0 aromatic rings. The molecule has 0 aliphatic heterocycles. The lowest BCUT2D eigenvalue weighted by Crippen LogP contribution is -2.30. The Morgan fingerprint density at radius 2 is 1.50 bits per heavy atom. The Morgan fingerprint density at radius 3 is 1.94 bits per heavy atom. The molecule has 0 aliphatic rings. The van der Waals surface area contributed by atoms with Crippen LogP contribution in [-0.4, -0.2) is 30.9 Å². The molecule has 104 valence electrons. The summed E-state index contributed by atoms with van der Waals surface area (Å²) in [6, 6.07) is 0. The second-order valence-electron chi connectivity index (χ2n) is 4.38. The Hall–Kier alpha value is -1.39. The fourth-order valence-corrected chi connectivity index (χ4v) is 1.50. The zero-order chi connectivity index (χ0) is 14.1. The summed E-state index contributed by atoms with van der Waals surface area (Å²) < 4.78 is 9.58. The predicted octanol–water partition coefficient (Wildman–Crippen LogP) is 1.73. The highest BCUT2D eigenvalue weighted by atomic mass is 16.5. The summed E-state index contributed by atoms with van der Waals surface area (Å²) in [6.45, 7) is 7.51. The minimum Gasteiger partial charge on any atom is -0.466 e. The summed E-state index contributed by atoms with van der Waals surface area (Å²) in [4.78, 5) is 34.9. The average molecular weight is 258 g/mol. The quantitative estimate of drug-likeness (QED) is 0.490. The molecule has 1 atom stereocenters. The third-order valence-electron chi connectivity index (χ3n) is 2.25. The van der Waals surface area contributed by atoms with Gasteiger partial charge >= 0.3 is 11.9 Å². The minimum atomic E-state index is -1.04. The Balaban J connectivity index is 4.66. The molecule has 1 unspecified atom stereocenters. The third kappa shape index (κ3) is 6.37. The van der Waals surface area contributed by atoms with E-state index >= 15 is 0 Å². The molecule has 0 N–H and O–H groups in total. The number of rotatable bonds is 8. The Labute approximate surface area is 108 Å². The van der Waals surface area contributed by atoms with Gasteiger partial charge < -0.3 is 9.47 Å². The lowest BCUT2D eigenvalue weighted by Gasteiger charge is -2.14. The van der Waals surface area contributed by atoms with Crippen molar-refractivity contribution >= 4 is 17.7 Å². The molecule has 0 aromatic heterocycles. The zero-order valence-corrected chi connectivity index (χ0v) is 11.5. The standard InChI is InChI=1S/C13H22O5/c1-5-17-12(15)8-10(13(16)18-6-2)11(14)7-9(3)4/h9-10H,5-8H2,1-4H3. The van der Waals surface area contributed by atoms with E-state index in [4.69, 9.17) is 9.47 Å². The van der Waals surface area contributed by atoms with Gasteiger partial charge in [-0.1, -0.05) is 13.8 Å². The van der Waals surface area contributed by atoms with Gasteiger partial charge in [0.15, 0.2) is 0 Å². The van der Waals surface area contributed by atoms with E-state index in [0.717, 1.165) is 0 Å². The normalized spacial score (nSPS) is 12.1. The van der Waals surface area contributed by atoms with Crippen LogP contribution in [0.4, 0.5) is 0 Å². The molecule has 0 saturated carbocycles. The molecule has 5 heteroatoms. The van der Waals surface area contributed by atoms with Crippen LogP contribution in [0, 0.1) is 11.8 Å². The molecule has 0 radical (unpaired) electrons. The maximum absolute atomic E-state index is 11.9. The summed E-state index contributed by atoms with van der Waals surface area (Å²) in [5.41, 5.74) is 0. The highest BCUT2D eigenvalue weighted by Gasteiger charge is 2.31. The van der Waals surface area contributed by atoms with Gasteiger partial charge in [-0.15, -0.1) is 0 Å². The number of hydrogen-bond donors (Lipinski definition) is 0. The van der Waals surface area contributed by atoms with Crippen molar-refractivity contribution in [2.45, 2.75) is 40.5 Å². The molecule has 0 aliphatic carbocycles. The second kappa shape index (κ2) is 8.66. The van der Waals surface area contributed by atoms with Crippen LogP contribution in [0.15, 0.2) is 0 Å². The molecule has 0 spiro atoms. The maximum Gasteiger partial charge on any atom is 0.317 e.